The van der Waals surface area contributed by atoms with Gasteiger partial charge in [0.1, 0.15) is 0 Å². The average molecular weight is 284 g/mol. The molecule has 0 radical (unpaired) electrons. The molecule has 1 rings (SSSR count). The molecule has 0 aromatic heterocycles. The Morgan fingerprint density at radius 2 is 1.80 bits per heavy atom. The van der Waals surface area contributed by atoms with E-state index in [2.05, 4.69) is 13.8 Å². The van der Waals surface area contributed by atoms with Crippen LogP contribution >= 0.6 is 0 Å². The van der Waals surface area contributed by atoms with Gasteiger partial charge in [-0.1, -0.05) is 13.8 Å². The summed E-state index contributed by atoms with van der Waals surface area (Å²) in [7, 11) is 0. The van der Waals surface area contributed by atoms with Gasteiger partial charge in [0.25, 0.3) is 0 Å². The van der Waals surface area contributed by atoms with Crippen molar-refractivity contribution in [3.63, 3.8) is 0 Å². The van der Waals surface area contributed by atoms with Gasteiger partial charge < -0.3 is 14.9 Å². The molecule has 1 fully saturated rings. The molecule has 1 saturated carbocycles. The maximum atomic E-state index is 12.7. The van der Waals surface area contributed by atoms with Crippen LogP contribution in [0.1, 0.15) is 53.4 Å². The third-order valence-electron chi connectivity index (χ3n) is 3.45. The van der Waals surface area contributed by atoms with Gasteiger partial charge >= 0.3 is 12.0 Å². The predicted molar refractivity (Wildman–Crippen MR) is 78.7 cm³/mol. The van der Waals surface area contributed by atoms with Crippen LogP contribution in [0.4, 0.5) is 4.79 Å². The number of carboxylic acid groups (broad SMARTS) is 1. The lowest BCUT2D eigenvalue weighted by Gasteiger charge is -2.34. The molecule has 1 N–H and O–H groups in total. The van der Waals surface area contributed by atoms with Gasteiger partial charge in [-0.15, -0.1) is 0 Å². The maximum Gasteiger partial charge on any atom is 0.320 e. The predicted octanol–water partition coefficient (Wildman–Crippen LogP) is 2.80. The van der Waals surface area contributed by atoms with E-state index in [9.17, 15) is 9.59 Å². The van der Waals surface area contributed by atoms with Crippen molar-refractivity contribution in [3.05, 3.63) is 0 Å². The average Bonchev–Trinajstić information content (AvgIpc) is 3.14. The van der Waals surface area contributed by atoms with Gasteiger partial charge in [0.2, 0.25) is 0 Å². The Bertz CT molecular complexity index is 338. The first-order valence-corrected chi connectivity index (χ1v) is 7.62. The van der Waals surface area contributed by atoms with E-state index < -0.39 is 5.97 Å². The Balaban J connectivity index is 2.62. The Morgan fingerprint density at radius 1 is 1.20 bits per heavy atom. The second-order valence-electron chi connectivity index (χ2n) is 6.34. The quantitative estimate of drug-likeness (QED) is 0.745. The molecule has 20 heavy (non-hydrogen) atoms. The minimum Gasteiger partial charge on any atom is -0.481 e. The molecule has 0 atom stereocenters. The zero-order valence-electron chi connectivity index (χ0n) is 13.1. The second-order valence-corrected chi connectivity index (χ2v) is 6.34. The highest BCUT2D eigenvalue weighted by Gasteiger charge is 2.35. The lowest BCUT2D eigenvalue weighted by Crippen LogP contribution is -2.49. The zero-order valence-corrected chi connectivity index (χ0v) is 13.1. The van der Waals surface area contributed by atoms with Crippen LogP contribution in [0.15, 0.2) is 0 Å². The zero-order chi connectivity index (χ0) is 15.3. The smallest absolute Gasteiger partial charge is 0.320 e. The van der Waals surface area contributed by atoms with Crippen LogP contribution in [0.5, 0.6) is 0 Å². The van der Waals surface area contributed by atoms with Crippen molar-refractivity contribution in [2.24, 2.45) is 5.92 Å². The largest absolute Gasteiger partial charge is 0.481 e. The molecule has 5 nitrogen and oxygen atoms in total. The molecule has 0 saturated heterocycles. The van der Waals surface area contributed by atoms with Crippen LogP contribution in [0, 0.1) is 5.92 Å². The number of nitrogens with zero attached hydrogens (tertiary/aromatic N) is 2. The van der Waals surface area contributed by atoms with Crippen LogP contribution < -0.4 is 0 Å². The Labute approximate surface area is 121 Å². The summed E-state index contributed by atoms with van der Waals surface area (Å²) in [6.07, 6.45) is 2.82. The van der Waals surface area contributed by atoms with E-state index in [0.717, 1.165) is 19.4 Å². The van der Waals surface area contributed by atoms with E-state index >= 15 is 0 Å². The van der Waals surface area contributed by atoms with E-state index in [1.54, 1.807) is 0 Å². The Hall–Kier alpha value is -1.26. The number of amides is 2. The molecule has 0 spiro atoms. The minimum absolute atomic E-state index is 0.0709. The molecule has 0 aromatic rings. The van der Waals surface area contributed by atoms with Gasteiger partial charge in [0.05, 0.1) is 0 Å². The lowest BCUT2D eigenvalue weighted by atomic mass is 10.2. The molecule has 2 amide bonds. The van der Waals surface area contributed by atoms with Crippen LogP contribution in [0.3, 0.4) is 0 Å². The molecule has 0 unspecified atom stereocenters. The summed E-state index contributed by atoms with van der Waals surface area (Å²) in [5.74, 6) is -0.352. The molecular weight excluding hydrogens is 256 g/mol. The van der Waals surface area contributed by atoms with Crippen LogP contribution in [-0.2, 0) is 4.79 Å². The summed E-state index contributed by atoms with van der Waals surface area (Å²) in [6, 6.07) is 0.567. The standard InChI is InChI=1S/C15H28N2O3/c1-11(2)10-17(13-7-8-13)15(20)16(12(3)4)9-5-6-14(18)19/h11-13H,5-10H2,1-4H3,(H,18,19). The first-order valence-electron chi connectivity index (χ1n) is 7.62. The first kappa shape index (κ1) is 16.8. The van der Waals surface area contributed by atoms with Crippen LogP contribution in [0.25, 0.3) is 0 Å². The highest BCUT2D eigenvalue weighted by Crippen LogP contribution is 2.29. The van der Waals surface area contributed by atoms with Gasteiger partial charge in [-0.3, -0.25) is 4.79 Å². The number of hydrogen-bond acceptors (Lipinski definition) is 2. The Morgan fingerprint density at radius 3 is 2.20 bits per heavy atom. The third kappa shape index (κ3) is 5.39. The van der Waals surface area contributed by atoms with Crippen molar-refractivity contribution in [1.82, 2.24) is 9.80 Å². The fourth-order valence-electron chi connectivity index (χ4n) is 2.30. The summed E-state index contributed by atoms with van der Waals surface area (Å²) in [5.41, 5.74) is 0. The number of urea groups is 1. The van der Waals surface area contributed by atoms with Gasteiger partial charge in [0, 0.05) is 31.6 Å². The van der Waals surface area contributed by atoms with Crippen molar-refractivity contribution in [2.75, 3.05) is 13.1 Å². The topological polar surface area (TPSA) is 60.9 Å². The number of hydrogen-bond donors (Lipinski definition) is 1. The first-order chi connectivity index (χ1) is 9.32. The summed E-state index contributed by atoms with van der Waals surface area (Å²) >= 11 is 0. The van der Waals surface area contributed by atoms with Gasteiger partial charge in [-0.25, -0.2) is 4.79 Å². The van der Waals surface area contributed by atoms with E-state index in [4.69, 9.17) is 5.11 Å². The number of rotatable bonds is 8. The van der Waals surface area contributed by atoms with E-state index in [-0.39, 0.29) is 18.5 Å². The molecule has 0 bridgehead atoms. The number of carbonyl (C=O) groups is 2. The van der Waals surface area contributed by atoms with E-state index in [1.165, 1.54) is 0 Å². The monoisotopic (exact) mass is 284 g/mol. The van der Waals surface area contributed by atoms with Gasteiger partial charge in [-0.05, 0) is 39.0 Å². The van der Waals surface area contributed by atoms with Crippen LogP contribution in [-0.4, -0.2) is 52.1 Å². The highest BCUT2D eigenvalue weighted by molar-refractivity contribution is 5.75. The molecule has 1 aliphatic rings. The fraction of sp³-hybridized carbons (Fsp3) is 0.867. The molecule has 116 valence electrons. The summed E-state index contributed by atoms with van der Waals surface area (Å²) in [5, 5.41) is 8.72. The van der Waals surface area contributed by atoms with Crippen molar-refractivity contribution in [3.8, 4) is 0 Å². The highest BCUT2D eigenvalue weighted by atomic mass is 16.4. The Kier molecular flexibility index (Phi) is 6.30. The third-order valence-corrected chi connectivity index (χ3v) is 3.45. The van der Waals surface area contributed by atoms with Crippen molar-refractivity contribution in [2.45, 2.75) is 65.5 Å². The fourth-order valence-corrected chi connectivity index (χ4v) is 2.30. The molecule has 0 aliphatic heterocycles. The van der Waals surface area contributed by atoms with Gasteiger partial charge in [-0.2, -0.15) is 0 Å². The van der Waals surface area contributed by atoms with Crippen molar-refractivity contribution < 1.29 is 14.7 Å². The molecule has 5 heteroatoms. The number of carboxylic acids is 1. The number of carbonyl (C=O) groups excluding carboxylic acids is 1. The molecule has 0 aromatic carbocycles. The van der Waals surface area contributed by atoms with Gasteiger partial charge in [0.15, 0.2) is 0 Å². The maximum absolute atomic E-state index is 12.7. The van der Waals surface area contributed by atoms with Crippen molar-refractivity contribution in [1.29, 1.82) is 0 Å². The SMILES string of the molecule is CC(C)CN(C(=O)N(CCCC(=O)O)C(C)C)C1CC1. The minimum atomic E-state index is -0.803. The summed E-state index contributed by atoms with van der Waals surface area (Å²) < 4.78 is 0. The van der Waals surface area contributed by atoms with E-state index in [0.29, 0.717) is 24.9 Å². The van der Waals surface area contributed by atoms with E-state index in [1.807, 2.05) is 23.6 Å². The normalized spacial score (nSPS) is 14.7. The van der Waals surface area contributed by atoms with Crippen molar-refractivity contribution >= 4 is 12.0 Å². The lowest BCUT2D eigenvalue weighted by molar-refractivity contribution is -0.137. The second kappa shape index (κ2) is 7.50. The molecule has 1 aliphatic carbocycles. The number of aliphatic carboxylic acids is 1. The summed E-state index contributed by atoms with van der Waals surface area (Å²) in [4.78, 5) is 27.1. The van der Waals surface area contributed by atoms with Crippen LogP contribution in [0.2, 0.25) is 0 Å². The summed E-state index contributed by atoms with van der Waals surface area (Å²) in [6.45, 7) is 9.51. The molecule has 0 heterocycles. The molecular formula is C15H28N2O3.